The Morgan fingerprint density at radius 2 is 2.05 bits per heavy atom. The molecule has 1 aromatic rings. The van der Waals surface area contributed by atoms with Crippen molar-refractivity contribution >= 4 is 37.5 Å². The summed E-state index contributed by atoms with van der Waals surface area (Å²) >= 11 is 6.96. The van der Waals surface area contributed by atoms with Crippen LogP contribution in [0.2, 0.25) is 0 Å². The molecule has 1 atom stereocenters. The lowest BCUT2D eigenvalue weighted by Gasteiger charge is -2.34. The SMILES string of the molecule is N#CC[C@H](c1cc(Br)cc(Br)c1N)N1CCNCC1. The summed E-state index contributed by atoms with van der Waals surface area (Å²) in [6.07, 6.45) is 0.451. The molecule has 3 N–H and O–H groups in total. The van der Waals surface area contributed by atoms with Gasteiger partial charge in [0.1, 0.15) is 0 Å². The second-order valence-electron chi connectivity index (χ2n) is 4.55. The van der Waals surface area contributed by atoms with Crippen LogP contribution >= 0.6 is 31.9 Å². The van der Waals surface area contributed by atoms with Crippen LogP contribution in [0.25, 0.3) is 0 Å². The minimum Gasteiger partial charge on any atom is -0.398 e. The number of piperazine rings is 1. The highest BCUT2D eigenvalue weighted by molar-refractivity contribution is 9.11. The van der Waals surface area contributed by atoms with Gasteiger partial charge in [-0.25, -0.2) is 0 Å². The van der Waals surface area contributed by atoms with Crippen LogP contribution in [0.5, 0.6) is 0 Å². The molecule has 2 rings (SSSR count). The minimum absolute atomic E-state index is 0.0564. The van der Waals surface area contributed by atoms with E-state index in [1.807, 2.05) is 12.1 Å². The quantitative estimate of drug-likeness (QED) is 0.782. The number of benzene rings is 1. The lowest BCUT2D eigenvalue weighted by molar-refractivity contribution is 0.176. The fraction of sp³-hybridized carbons (Fsp3) is 0.462. The summed E-state index contributed by atoms with van der Waals surface area (Å²) in [5, 5.41) is 12.4. The number of nitriles is 1. The second-order valence-corrected chi connectivity index (χ2v) is 6.32. The average Bonchev–Trinajstić information content (AvgIpc) is 2.41. The van der Waals surface area contributed by atoms with Gasteiger partial charge in [0, 0.05) is 41.2 Å². The molecule has 4 nitrogen and oxygen atoms in total. The van der Waals surface area contributed by atoms with Crippen LogP contribution < -0.4 is 11.1 Å². The highest BCUT2D eigenvalue weighted by Crippen LogP contribution is 2.36. The van der Waals surface area contributed by atoms with Crippen molar-refractivity contribution in [3.63, 3.8) is 0 Å². The van der Waals surface area contributed by atoms with E-state index < -0.39 is 0 Å². The van der Waals surface area contributed by atoms with Gasteiger partial charge in [-0.05, 0) is 33.6 Å². The number of hydrogen-bond donors (Lipinski definition) is 2. The monoisotopic (exact) mass is 386 g/mol. The molecule has 1 saturated heterocycles. The van der Waals surface area contributed by atoms with E-state index in [-0.39, 0.29) is 6.04 Å². The maximum Gasteiger partial charge on any atom is 0.0641 e. The molecular formula is C13H16Br2N4. The van der Waals surface area contributed by atoms with Crippen LogP contribution in [0.15, 0.2) is 21.1 Å². The van der Waals surface area contributed by atoms with E-state index in [9.17, 15) is 0 Å². The van der Waals surface area contributed by atoms with E-state index in [4.69, 9.17) is 11.0 Å². The maximum atomic E-state index is 9.10. The van der Waals surface area contributed by atoms with Crippen molar-refractivity contribution in [3.05, 3.63) is 26.6 Å². The topological polar surface area (TPSA) is 65.1 Å². The number of nitrogens with two attached hydrogens (primary N) is 1. The first kappa shape index (κ1) is 14.8. The zero-order chi connectivity index (χ0) is 13.8. The third kappa shape index (κ3) is 3.48. The fourth-order valence-corrected chi connectivity index (χ4v) is 3.65. The Bertz CT molecular complexity index is 492. The molecule has 0 bridgehead atoms. The van der Waals surface area contributed by atoms with Crippen molar-refractivity contribution in [2.75, 3.05) is 31.9 Å². The third-order valence-electron chi connectivity index (χ3n) is 3.36. The zero-order valence-electron chi connectivity index (χ0n) is 10.5. The van der Waals surface area contributed by atoms with Gasteiger partial charge in [-0.2, -0.15) is 5.26 Å². The Hall–Kier alpha value is -0.610. The molecule has 1 fully saturated rings. The summed E-state index contributed by atoms with van der Waals surface area (Å²) < 4.78 is 1.84. The van der Waals surface area contributed by atoms with Crippen LogP contribution in [0.3, 0.4) is 0 Å². The first-order valence-electron chi connectivity index (χ1n) is 6.19. The summed E-state index contributed by atoms with van der Waals surface area (Å²) in [4.78, 5) is 2.32. The Balaban J connectivity index is 2.35. The van der Waals surface area contributed by atoms with E-state index >= 15 is 0 Å². The van der Waals surface area contributed by atoms with Gasteiger partial charge in [-0.1, -0.05) is 15.9 Å². The summed E-state index contributed by atoms with van der Waals surface area (Å²) in [6.45, 7) is 3.79. The Labute approximate surface area is 130 Å². The van der Waals surface area contributed by atoms with Crippen molar-refractivity contribution < 1.29 is 0 Å². The first-order valence-corrected chi connectivity index (χ1v) is 7.78. The van der Waals surface area contributed by atoms with Gasteiger partial charge in [0.05, 0.1) is 18.2 Å². The van der Waals surface area contributed by atoms with E-state index in [0.717, 1.165) is 46.4 Å². The molecule has 0 saturated carbocycles. The zero-order valence-corrected chi connectivity index (χ0v) is 13.7. The molecule has 0 radical (unpaired) electrons. The van der Waals surface area contributed by atoms with Crippen molar-refractivity contribution in [1.29, 1.82) is 5.26 Å². The molecule has 6 heteroatoms. The number of anilines is 1. The number of nitrogen functional groups attached to an aromatic ring is 1. The van der Waals surface area contributed by atoms with Gasteiger partial charge >= 0.3 is 0 Å². The lowest BCUT2D eigenvalue weighted by Crippen LogP contribution is -2.45. The number of nitrogens with one attached hydrogen (secondary N) is 1. The molecule has 0 spiro atoms. The van der Waals surface area contributed by atoms with Crippen molar-refractivity contribution in [3.8, 4) is 6.07 Å². The van der Waals surface area contributed by atoms with Crippen LogP contribution in [0.1, 0.15) is 18.0 Å². The lowest BCUT2D eigenvalue weighted by atomic mass is 10.00. The smallest absolute Gasteiger partial charge is 0.0641 e. The maximum absolute atomic E-state index is 9.10. The van der Waals surface area contributed by atoms with E-state index in [1.54, 1.807) is 0 Å². The Kier molecular flexibility index (Phi) is 5.22. The normalized spacial score (nSPS) is 17.9. The summed E-state index contributed by atoms with van der Waals surface area (Å²) in [5.74, 6) is 0. The number of halogens is 2. The highest BCUT2D eigenvalue weighted by Gasteiger charge is 2.24. The van der Waals surface area contributed by atoms with Crippen molar-refractivity contribution in [2.45, 2.75) is 12.5 Å². The minimum atomic E-state index is 0.0564. The van der Waals surface area contributed by atoms with Gasteiger partial charge in [-0.3, -0.25) is 4.90 Å². The van der Waals surface area contributed by atoms with Crippen LogP contribution in [-0.2, 0) is 0 Å². The predicted molar refractivity (Wildman–Crippen MR) is 83.7 cm³/mol. The molecule has 0 aromatic heterocycles. The largest absolute Gasteiger partial charge is 0.398 e. The van der Waals surface area contributed by atoms with Gasteiger partial charge < -0.3 is 11.1 Å². The first-order chi connectivity index (χ1) is 9.13. The average molecular weight is 388 g/mol. The molecule has 19 heavy (non-hydrogen) atoms. The fourth-order valence-electron chi connectivity index (χ4n) is 2.40. The second kappa shape index (κ2) is 6.71. The molecule has 0 unspecified atom stereocenters. The summed E-state index contributed by atoms with van der Waals surface area (Å²) in [5.41, 5.74) is 7.91. The highest BCUT2D eigenvalue weighted by atomic mass is 79.9. The van der Waals surface area contributed by atoms with Crippen LogP contribution in [0, 0.1) is 11.3 Å². The van der Waals surface area contributed by atoms with Crippen molar-refractivity contribution in [2.24, 2.45) is 0 Å². The molecular weight excluding hydrogens is 372 g/mol. The van der Waals surface area contributed by atoms with Gasteiger partial charge in [-0.15, -0.1) is 0 Å². The Morgan fingerprint density at radius 1 is 1.37 bits per heavy atom. The van der Waals surface area contributed by atoms with Crippen LogP contribution in [0.4, 0.5) is 5.69 Å². The molecule has 102 valence electrons. The molecule has 1 aromatic carbocycles. The number of nitrogens with zero attached hydrogens (tertiary/aromatic N) is 2. The summed E-state index contributed by atoms with van der Waals surface area (Å²) in [6, 6.07) is 6.29. The van der Waals surface area contributed by atoms with Crippen molar-refractivity contribution in [1.82, 2.24) is 10.2 Å². The molecule has 0 aliphatic carbocycles. The predicted octanol–water partition coefficient (Wildman–Crippen LogP) is 2.65. The third-order valence-corrected chi connectivity index (χ3v) is 4.48. The Morgan fingerprint density at radius 3 is 2.68 bits per heavy atom. The molecule has 1 aliphatic rings. The molecule has 1 heterocycles. The van der Waals surface area contributed by atoms with Gasteiger partial charge in [0.15, 0.2) is 0 Å². The summed E-state index contributed by atoms with van der Waals surface area (Å²) in [7, 11) is 0. The van der Waals surface area contributed by atoms with Gasteiger partial charge in [0.2, 0.25) is 0 Å². The molecule has 0 amide bonds. The van der Waals surface area contributed by atoms with E-state index in [1.165, 1.54) is 0 Å². The number of rotatable bonds is 3. The molecule has 1 aliphatic heterocycles. The van der Waals surface area contributed by atoms with E-state index in [0.29, 0.717) is 6.42 Å². The van der Waals surface area contributed by atoms with E-state index in [2.05, 4.69) is 48.1 Å². The van der Waals surface area contributed by atoms with Crippen LogP contribution in [-0.4, -0.2) is 31.1 Å². The van der Waals surface area contributed by atoms with Gasteiger partial charge in [0.25, 0.3) is 0 Å². The standard InChI is InChI=1S/C13H16Br2N4/c14-9-7-10(13(17)11(15)8-9)12(1-2-16)19-5-3-18-4-6-19/h7-8,12,18H,1,3-6,17H2/t12-/m1/s1. The number of hydrogen-bond acceptors (Lipinski definition) is 4.